The Morgan fingerprint density at radius 3 is 2.92 bits per heavy atom. The number of nitrogens with one attached hydrogen (secondary N) is 1. The van der Waals surface area contributed by atoms with E-state index in [1.165, 1.54) is 32.5 Å². The zero-order valence-electron chi connectivity index (χ0n) is 8.21. The minimum Gasteiger partial charge on any atom is -0.312 e. The zero-order chi connectivity index (χ0) is 8.55. The van der Waals surface area contributed by atoms with Gasteiger partial charge >= 0.3 is 0 Å². The smallest absolute Gasteiger partial charge is 0.0224 e. The summed E-state index contributed by atoms with van der Waals surface area (Å²) in [6.45, 7) is 8.45. The molecule has 0 radical (unpaired) electrons. The molecule has 2 rings (SSSR count). The van der Waals surface area contributed by atoms with E-state index < -0.39 is 0 Å². The minimum atomic E-state index is 0.730. The first-order valence-corrected chi connectivity index (χ1v) is 5.25. The van der Waals surface area contributed by atoms with Crippen LogP contribution in [-0.2, 0) is 0 Å². The highest BCUT2D eigenvalue weighted by Gasteiger charge is 2.32. The maximum Gasteiger partial charge on any atom is 0.0224 e. The van der Waals surface area contributed by atoms with Crippen molar-refractivity contribution < 1.29 is 0 Å². The summed E-state index contributed by atoms with van der Waals surface area (Å²) in [5, 5.41) is 3.60. The van der Waals surface area contributed by atoms with Gasteiger partial charge in [-0.2, -0.15) is 0 Å². The maximum absolute atomic E-state index is 3.60. The van der Waals surface area contributed by atoms with E-state index in [2.05, 4.69) is 24.1 Å². The summed E-state index contributed by atoms with van der Waals surface area (Å²) in [4.78, 5) is 2.60. The van der Waals surface area contributed by atoms with Gasteiger partial charge in [0.05, 0.1) is 0 Å². The summed E-state index contributed by atoms with van der Waals surface area (Å²) >= 11 is 0. The predicted molar refractivity (Wildman–Crippen MR) is 51.2 cm³/mol. The standard InChI is InChI=1S/C10H20N2/c1-8(2)12-6-4-9-3-5-11-10(9)7-12/h8-11H,3-7H2,1-2H3/t9?,10-/m1/s1. The lowest BCUT2D eigenvalue weighted by molar-refractivity contribution is 0.134. The zero-order valence-corrected chi connectivity index (χ0v) is 8.21. The van der Waals surface area contributed by atoms with Gasteiger partial charge in [0.2, 0.25) is 0 Å². The van der Waals surface area contributed by atoms with Crippen LogP contribution in [0.1, 0.15) is 26.7 Å². The largest absolute Gasteiger partial charge is 0.312 e. The average molecular weight is 168 g/mol. The number of likely N-dealkylation sites (tertiary alicyclic amines) is 1. The SMILES string of the molecule is CC(C)N1CCC2CCN[C@@H]2C1. The normalized spacial score (nSPS) is 37.2. The first-order chi connectivity index (χ1) is 5.77. The fourth-order valence-corrected chi connectivity index (χ4v) is 2.53. The third-order valence-electron chi connectivity index (χ3n) is 3.44. The molecule has 2 heterocycles. The molecule has 1 N–H and O–H groups in total. The molecule has 0 aromatic carbocycles. The van der Waals surface area contributed by atoms with Crippen molar-refractivity contribution in [2.75, 3.05) is 19.6 Å². The van der Waals surface area contributed by atoms with Gasteiger partial charge in [0.15, 0.2) is 0 Å². The molecule has 0 bridgehead atoms. The summed E-state index contributed by atoms with van der Waals surface area (Å²) in [6, 6.07) is 1.54. The van der Waals surface area contributed by atoms with Crippen molar-refractivity contribution in [1.82, 2.24) is 10.2 Å². The van der Waals surface area contributed by atoms with E-state index >= 15 is 0 Å². The summed E-state index contributed by atoms with van der Waals surface area (Å²) in [5.41, 5.74) is 0. The summed E-state index contributed by atoms with van der Waals surface area (Å²) < 4.78 is 0. The van der Waals surface area contributed by atoms with Crippen LogP contribution >= 0.6 is 0 Å². The Hall–Kier alpha value is -0.0800. The van der Waals surface area contributed by atoms with Crippen LogP contribution in [0.25, 0.3) is 0 Å². The fraction of sp³-hybridized carbons (Fsp3) is 1.00. The molecule has 2 atom stereocenters. The molecule has 0 aliphatic carbocycles. The van der Waals surface area contributed by atoms with Gasteiger partial charge in [-0.1, -0.05) is 0 Å². The molecule has 0 aromatic rings. The van der Waals surface area contributed by atoms with Crippen LogP contribution in [0.2, 0.25) is 0 Å². The van der Waals surface area contributed by atoms with Crippen LogP contribution < -0.4 is 5.32 Å². The predicted octanol–water partition coefficient (Wildman–Crippen LogP) is 1.08. The minimum absolute atomic E-state index is 0.730. The Morgan fingerprint density at radius 1 is 1.33 bits per heavy atom. The Bertz CT molecular complexity index is 156. The second kappa shape index (κ2) is 3.35. The van der Waals surface area contributed by atoms with Crippen molar-refractivity contribution in [2.24, 2.45) is 5.92 Å². The molecule has 1 unspecified atom stereocenters. The van der Waals surface area contributed by atoms with E-state index in [1.807, 2.05) is 0 Å². The van der Waals surface area contributed by atoms with Crippen LogP contribution in [-0.4, -0.2) is 36.6 Å². The second-order valence-corrected chi connectivity index (χ2v) is 4.49. The van der Waals surface area contributed by atoms with Gasteiger partial charge in [0, 0.05) is 18.6 Å². The van der Waals surface area contributed by atoms with Crippen molar-refractivity contribution in [1.29, 1.82) is 0 Å². The number of nitrogens with zero attached hydrogens (tertiary/aromatic N) is 1. The topological polar surface area (TPSA) is 15.3 Å². The third kappa shape index (κ3) is 1.50. The van der Waals surface area contributed by atoms with Crippen LogP contribution in [0.4, 0.5) is 0 Å². The third-order valence-corrected chi connectivity index (χ3v) is 3.44. The van der Waals surface area contributed by atoms with Gasteiger partial charge in [-0.05, 0) is 45.7 Å². The molecule has 2 nitrogen and oxygen atoms in total. The molecule has 0 amide bonds. The van der Waals surface area contributed by atoms with Gasteiger partial charge in [0.1, 0.15) is 0 Å². The van der Waals surface area contributed by atoms with E-state index in [9.17, 15) is 0 Å². The van der Waals surface area contributed by atoms with Gasteiger partial charge in [-0.25, -0.2) is 0 Å². The molecular formula is C10H20N2. The van der Waals surface area contributed by atoms with E-state index in [4.69, 9.17) is 0 Å². The van der Waals surface area contributed by atoms with Gasteiger partial charge in [-0.3, -0.25) is 4.90 Å². The highest BCUT2D eigenvalue weighted by atomic mass is 15.2. The number of rotatable bonds is 1. The highest BCUT2D eigenvalue weighted by molar-refractivity contribution is 4.91. The monoisotopic (exact) mass is 168 g/mol. The lowest BCUT2D eigenvalue weighted by Gasteiger charge is -2.37. The molecule has 0 saturated carbocycles. The summed E-state index contributed by atoms with van der Waals surface area (Å²) in [5.74, 6) is 0.986. The second-order valence-electron chi connectivity index (χ2n) is 4.49. The number of hydrogen-bond donors (Lipinski definition) is 1. The molecule has 0 spiro atoms. The summed E-state index contributed by atoms with van der Waals surface area (Å²) in [6.07, 6.45) is 2.83. The molecule has 2 fully saturated rings. The quantitative estimate of drug-likeness (QED) is 0.630. The lowest BCUT2D eigenvalue weighted by Crippen LogP contribution is -2.48. The van der Waals surface area contributed by atoms with Crippen molar-refractivity contribution >= 4 is 0 Å². The van der Waals surface area contributed by atoms with Crippen molar-refractivity contribution in [3.05, 3.63) is 0 Å². The van der Waals surface area contributed by atoms with Gasteiger partial charge < -0.3 is 5.32 Å². The summed E-state index contributed by atoms with van der Waals surface area (Å²) in [7, 11) is 0. The maximum atomic E-state index is 3.60. The Morgan fingerprint density at radius 2 is 2.17 bits per heavy atom. The molecule has 70 valence electrons. The van der Waals surface area contributed by atoms with Crippen LogP contribution in [0.3, 0.4) is 0 Å². The van der Waals surface area contributed by atoms with Gasteiger partial charge in [-0.15, -0.1) is 0 Å². The highest BCUT2D eigenvalue weighted by Crippen LogP contribution is 2.25. The number of fused-ring (bicyclic) bond motifs is 1. The van der Waals surface area contributed by atoms with E-state index in [1.54, 1.807) is 0 Å². The van der Waals surface area contributed by atoms with E-state index in [0.717, 1.165) is 18.0 Å². The Labute approximate surface area is 75.3 Å². The first-order valence-electron chi connectivity index (χ1n) is 5.25. The molecular weight excluding hydrogens is 148 g/mol. The number of hydrogen-bond acceptors (Lipinski definition) is 2. The first kappa shape index (κ1) is 8.52. The van der Waals surface area contributed by atoms with Crippen molar-refractivity contribution in [3.63, 3.8) is 0 Å². The van der Waals surface area contributed by atoms with E-state index in [0.29, 0.717) is 0 Å². The van der Waals surface area contributed by atoms with Crippen molar-refractivity contribution in [2.45, 2.75) is 38.8 Å². The molecule has 0 aromatic heterocycles. The molecule has 2 aliphatic heterocycles. The van der Waals surface area contributed by atoms with Crippen molar-refractivity contribution in [3.8, 4) is 0 Å². The van der Waals surface area contributed by atoms with Gasteiger partial charge in [0.25, 0.3) is 0 Å². The molecule has 2 heteroatoms. The lowest BCUT2D eigenvalue weighted by atomic mass is 9.92. The van der Waals surface area contributed by atoms with E-state index in [-0.39, 0.29) is 0 Å². The molecule has 12 heavy (non-hydrogen) atoms. The number of piperidine rings is 1. The average Bonchev–Trinajstić information content (AvgIpc) is 2.49. The Balaban J connectivity index is 1.92. The van der Waals surface area contributed by atoms with Crippen LogP contribution in [0, 0.1) is 5.92 Å². The molecule has 2 saturated heterocycles. The Kier molecular flexibility index (Phi) is 2.37. The van der Waals surface area contributed by atoms with Crippen LogP contribution in [0.5, 0.6) is 0 Å². The molecule has 2 aliphatic rings. The van der Waals surface area contributed by atoms with Crippen LogP contribution in [0.15, 0.2) is 0 Å². The fourth-order valence-electron chi connectivity index (χ4n) is 2.53.